The first-order chi connectivity index (χ1) is 15.0. The van der Waals surface area contributed by atoms with Gasteiger partial charge >= 0.3 is 0 Å². The van der Waals surface area contributed by atoms with Gasteiger partial charge in [0.2, 0.25) is 0 Å². The van der Waals surface area contributed by atoms with Crippen molar-refractivity contribution in [3.63, 3.8) is 0 Å². The van der Waals surface area contributed by atoms with Gasteiger partial charge in [-0.25, -0.2) is 0 Å². The molecule has 0 saturated heterocycles. The van der Waals surface area contributed by atoms with Crippen LogP contribution >= 0.6 is 0 Å². The largest absolute Gasteiger partial charge is 0.352 e. The number of hydrogen-bond donors (Lipinski definition) is 2. The quantitative estimate of drug-likeness (QED) is 0.646. The number of carbonyl (C=O) groups is 2. The highest BCUT2D eigenvalue weighted by molar-refractivity contribution is 5.95. The van der Waals surface area contributed by atoms with Gasteiger partial charge < -0.3 is 10.6 Å². The van der Waals surface area contributed by atoms with Crippen LogP contribution in [0, 0.1) is 19.8 Å². The van der Waals surface area contributed by atoms with Gasteiger partial charge in [-0.2, -0.15) is 5.10 Å². The summed E-state index contributed by atoms with van der Waals surface area (Å²) in [4.78, 5) is 29.1. The first kappa shape index (κ1) is 20.8. The highest BCUT2D eigenvalue weighted by Gasteiger charge is 2.25. The highest BCUT2D eigenvalue weighted by Crippen LogP contribution is 2.23. The number of amides is 2. The van der Waals surface area contributed by atoms with E-state index in [9.17, 15) is 9.59 Å². The molecule has 1 aromatic carbocycles. The fourth-order valence-electron chi connectivity index (χ4n) is 4.01. The lowest BCUT2D eigenvalue weighted by Crippen LogP contribution is -2.34. The Bertz CT molecular complexity index is 1090. The second kappa shape index (κ2) is 9.12. The Hall–Kier alpha value is -3.48. The zero-order valence-electron chi connectivity index (χ0n) is 17.9. The third-order valence-corrected chi connectivity index (χ3v) is 5.84. The van der Waals surface area contributed by atoms with Gasteiger partial charge in [-0.3, -0.25) is 19.3 Å². The average Bonchev–Trinajstić information content (AvgIpc) is 3.20. The summed E-state index contributed by atoms with van der Waals surface area (Å²) in [6.45, 7) is 5.90. The molecule has 7 nitrogen and oxygen atoms in total. The molecule has 0 bridgehead atoms. The molecule has 1 aliphatic heterocycles. The Labute approximate surface area is 181 Å². The zero-order valence-corrected chi connectivity index (χ0v) is 17.9. The van der Waals surface area contributed by atoms with E-state index in [1.54, 1.807) is 30.7 Å². The third kappa shape index (κ3) is 4.82. The summed E-state index contributed by atoms with van der Waals surface area (Å²) in [5, 5.41) is 10.4. The number of rotatable bonds is 6. The maximum Gasteiger partial charge on any atom is 0.255 e. The number of carbonyl (C=O) groups excluding carboxylic acids is 2. The van der Waals surface area contributed by atoms with Crippen LogP contribution in [0.15, 0.2) is 48.9 Å². The Kier molecular flexibility index (Phi) is 6.11. The second-order valence-electron chi connectivity index (χ2n) is 8.15. The van der Waals surface area contributed by atoms with Gasteiger partial charge in [-0.1, -0.05) is 23.8 Å². The third-order valence-electron chi connectivity index (χ3n) is 5.84. The fourth-order valence-corrected chi connectivity index (χ4v) is 4.01. The highest BCUT2D eigenvalue weighted by atomic mass is 16.2. The Balaban J connectivity index is 1.37. The lowest BCUT2D eigenvalue weighted by molar-refractivity contribution is 0.0934. The molecule has 4 rings (SSSR count). The molecule has 3 heterocycles. The molecule has 31 heavy (non-hydrogen) atoms. The van der Waals surface area contributed by atoms with Crippen molar-refractivity contribution in [3.05, 3.63) is 82.4 Å². The minimum atomic E-state index is -0.126. The van der Waals surface area contributed by atoms with Crippen molar-refractivity contribution in [1.82, 2.24) is 25.4 Å². The number of fused-ring (bicyclic) bond motifs is 1. The summed E-state index contributed by atoms with van der Waals surface area (Å²) in [5.74, 6) is 0.0237. The van der Waals surface area contributed by atoms with Crippen molar-refractivity contribution in [2.24, 2.45) is 5.92 Å². The lowest BCUT2D eigenvalue weighted by atomic mass is 9.94. The van der Waals surface area contributed by atoms with Crippen LogP contribution in [0.3, 0.4) is 0 Å². The van der Waals surface area contributed by atoms with Crippen LogP contribution in [0.2, 0.25) is 0 Å². The van der Waals surface area contributed by atoms with Gasteiger partial charge in [-0.05, 0) is 55.9 Å². The topological polar surface area (TPSA) is 88.9 Å². The Morgan fingerprint density at radius 3 is 2.77 bits per heavy atom. The second-order valence-corrected chi connectivity index (χ2v) is 8.15. The van der Waals surface area contributed by atoms with E-state index in [-0.39, 0.29) is 17.7 Å². The number of nitrogens with zero attached hydrogens (tertiary/aromatic N) is 3. The minimum absolute atomic E-state index is 0.110. The van der Waals surface area contributed by atoms with E-state index < -0.39 is 0 Å². The minimum Gasteiger partial charge on any atom is -0.352 e. The Morgan fingerprint density at radius 2 is 2.00 bits per heavy atom. The van der Waals surface area contributed by atoms with Crippen molar-refractivity contribution < 1.29 is 9.59 Å². The average molecular weight is 418 g/mol. The van der Waals surface area contributed by atoms with Gasteiger partial charge in [0.15, 0.2) is 0 Å². The summed E-state index contributed by atoms with van der Waals surface area (Å²) in [7, 11) is 0. The van der Waals surface area contributed by atoms with Crippen molar-refractivity contribution in [1.29, 1.82) is 0 Å². The number of aromatic nitrogens is 3. The summed E-state index contributed by atoms with van der Waals surface area (Å²) < 4.78 is 1.91. The number of aryl methyl sites for hydroxylation is 3. The van der Waals surface area contributed by atoms with Crippen molar-refractivity contribution >= 4 is 11.8 Å². The normalized spacial score (nSPS) is 15.2. The van der Waals surface area contributed by atoms with Gasteiger partial charge in [0.25, 0.3) is 11.8 Å². The Morgan fingerprint density at radius 1 is 1.13 bits per heavy atom. The van der Waals surface area contributed by atoms with E-state index >= 15 is 0 Å². The molecule has 0 fully saturated rings. The maximum atomic E-state index is 12.8. The first-order valence-electron chi connectivity index (χ1n) is 10.6. The van der Waals surface area contributed by atoms with E-state index in [0.29, 0.717) is 30.6 Å². The summed E-state index contributed by atoms with van der Waals surface area (Å²) >= 11 is 0. The van der Waals surface area contributed by atoms with Crippen LogP contribution in [0.4, 0.5) is 0 Å². The van der Waals surface area contributed by atoms with Gasteiger partial charge in [0.1, 0.15) is 0 Å². The number of pyridine rings is 1. The summed E-state index contributed by atoms with van der Waals surface area (Å²) in [6, 6.07) is 9.72. The van der Waals surface area contributed by atoms with E-state index in [1.807, 2.05) is 4.68 Å². The molecule has 1 aliphatic rings. The van der Waals surface area contributed by atoms with E-state index in [2.05, 4.69) is 52.8 Å². The standard InChI is InChI=1S/C24H27N5O2/c1-16-5-6-19(17(2)10-16)14-27-24(31)21-15-28-29-9-7-18(11-22(21)29)12-26-23(30)20-4-3-8-25-13-20/h3-6,8,10,13,15,18H,7,9,11-12,14H2,1-2H3,(H,26,30)(H,27,31). The molecule has 2 aromatic heterocycles. The molecule has 0 spiro atoms. The molecule has 1 atom stereocenters. The van der Waals surface area contributed by atoms with E-state index in [0.717, 1.165) is 24.2 Å². The molecule has 160 valence electrons. The molecule has 0 saturated carbocycles. The molecule has 2 amide bonds. The summed E-state index contributed by atoms with van der Waals surface area (Å²) in [5.41, 5.74) is 5.59. The predicted molar refractivity (Wildman–Crippen MR) is 118 cm³/mol. The van der Waals surface area contributed by atoms with Crippen LogP contribution in [0.25, 0.3) is 0 Å². The predicted octanol–water partition coefficient (Wildman–Crippen LogP) is 2.82. The van der Waals surface area contributed by atoms with E-state index in [4.69, 9.17) is 0 Å². The molecule has 1 unspecified atom stereocenters. The molecular weight excluding hydrogens is 390 g/mol. The van der Waals surface area contributed by atoms with Crippen molar-refractivity contribution in [3.8, 4) is 0 Å². The van der Waals surface area contributed by atoms with Crippen LogP contribution in [0.1, 0.15) is 49.5 Å². The van der Waals surface area contributed by atoms with Gasteiger partial charge in [0.05, 0.1) is 23.0 Å². The number of benzene rings is 1. The fraction of sp³-hybridized carbons (Fsp3) is 0.333. The monoisotopic (exact) mass is 417 g/mol. The maximum absolute atomic E-state index is 12.8. The molecule has 3 aromatic rings. The van der Waals surface area contributed by atoms with Gasteiger partial charge in [-0.15, -0.1) is 0 Å². The molecule has 2 N–H and O–H groups in total. The molecule has 0 aliphatic carbocycles. The smallest absolute Gasteiger partial charge is 0.255 e. The zero-order chi connectivity index (χ0) is 21.8. The van der Waals surface area contributed by atoms with Crippen LogP contribution in [-0.4, -0.2) is 33.1 Å². The lowest BCUT2D eigenvalue weighted by Gasteiger charge is -2.24. The van der Waals surface area contributed by atoms with Crippen LogP contribution in [-0.2, 0) is 19.5 Å². The molecular formula is C24H27N5O2. The number of nitrogens with one attached hydrogen (secondary N) is 2. The van der Waals surface area contributed by atoms with E-state index in [1.165, 1.54) is 11.1 Å². The van der Waals surface area contributed by atoms with Crippen molar-refractivity contribution in [2.75, 3.05) is 6.54 Å². The van der Waals surface area contributed by atoms with Gasteiger partial charge in [0, 0.05) is 32.0 Å². The molecule has 0 radical (unpaired) electrons. The SMILES string of the molecule is Cc1ccc(CNC(=O)c2cnn3c2CC(CNC(=O)c2cccnc2)CC3)c(C)c1. The summed E-state index contributed by atoms with van der Waals surface area (Å²) in [6.07, 6.45) is 6.48. The van der Waals surface area contributed by atoms with Crippen LogP contribution < -0.4 is 10.6 Å². The number of hydrogen-bond acceptors (Lipinski definition) is 4. The van der Waals surface area contributed by atoms with Crippen molar-refractivity contribution in [2.45, 2.75) is 39.8 Å². The molecule has 7 heteroatoms. The first-order valence-corrected chi connectivity index (χ1v) is 10.6. The van der Waals surface area contributed by atoms with Crippen LogP contribution in [0.5, 0.6) is 0 Å².